The van der Waals surface area contributed by atoms with Crippen LogP contribution in [-0.2, 0) is 9.53 Å². The summed E-state index contributed by atoms with van der Waals surface area (Å²) < 4.78 is 5.01. The van der Waals surface area contributed by atoms with E-state index >= 15 is 0 Å². The van der Waals surface area contributed by atoms with Crippen molar-refractivity contribution in [3.05, 3.63) is 0 Å². The van der Waals surface area contributed by atoms with E-state index in [2.05, 4.69) is 4.90 Å². The summed E-state index contributed by atoms with van der Waals surface area (Å²) in [6.45, 7) is 4.73. The second-order valence-electron chi connectivity index (χ2n) is 4.04. The van der Waals surface area contributed by atoms with Gasteiger partial charge in [0.2, 0.25) is 5.91 Å². The summed E-state index contributed by atoms with van der Waals surface area (Å²) in [5, 5.41) is 8.92. The number of ether oxygens (including phenoxy) is 1. The van der Waals surface area contributed by atoms with Gasteiger partial charge in [-0.15, -0.1) is 0 Å². The van der Waals surface area contributed by atoms with E-state index in [4.69, 9.17) is 9.84 Å². The SMILES string of the molecule is COCCN(CCO)CCN1CCCC1=O. The van der Waals surface area contributed by atoms with E-state index in [0.29, 0.717) is 19.6 Å². The standard InChI is InChI=1S/C11H22N2O3/c1-16-10-8-12(7-9-14)5-6-13-4-2-3-11(13)15/h14H,2-10H2,1H3. The van der Waals surface area contributed by atoms with Gasteiger partial charge in [-0.3, -0.25) is 9.69 Å². The Morgan fingerprint density at radius 3 is 2.81 bits per heavy atom. The van der Waals surface area contributed by atoms with Crippen molar-refractivity contribution in [2.45, 2.75) is 12.8 Å². The highest BCUT2D eigenvalue weighted by molar-refractivity contribution is 5.78. The van der Waals surface area contributed by atoms with Crippen LogP contribution in [0.2, 0.25) is 0 Å². The molecule has 1 aliphatic rings. The molecule has 1 aliphatic heterocycles. The van der Waals surface area contributed by atoms with Gasteiger partial charge in [0.15, 0.2) is 0 Å². The molecule has 94 valence electrons. The molecule has 5 nitrogen and oxygen atoms in total. The van der Waals surface area contributed by atoms with Crippen molar-refractivity contribution in [1.82, 2.24) is 9.80 Å². The second-order valence-corrected chi connectivity index (χ2v) is 4.04. The number of nitrogens with zero attached hydrogens (tertiary/aromatic N) is 2. The molecule has 1 rings (SSSR count). The average molecular weight is 230 g/mol. The number of aliphatic hydroxyl groups is 1. The van der Waals surface area contributed by atoms with Crippen molar-refractivity contribution in [3.8, 4) is 0 Å². The first-order valence-electron chi connectivity index (χ1n) is 5.88. The van der Waals surface area contributed by atoms with Crippen LogP contribution >= 0.6 is 0 Å². The third-order valence-electron chi connectivity index (χ3n) is 2.89. The Balaban J connectivity index is 2.22. The van der Waals surface area contributed by atoms with Crippen LogP contribution in [0.5, 0.6) is 0 Å². The molecule has 0 aromatic rings. The monoisotopic (exact) mass is 230 g/mol. The van der Waals surface area contributed by atoms with Gasteiger partial charge in [0.25, 0.3) is 0 Å². The molecule has 1 amide bonds. The summed E-state index contributed by atoms with van der Waals surface area (Å²) in [7, 11) is 1.67. The van der Waals surface area contributed by atoms with E-state index in [1.54, 1.807) is 7.11 Å². The zero-order valence-electron chi connectivity index (χ0n) is 10.0. The largest absolute Gasteiger partial charge is 0.395 e. The Morgan fingerprint density at radius 2 is 2.25 bits per heavy atom. The minimum atomic E-state index is 0.150. The molecule has 1 saturated heterocycles. The molecule has 0 bridgehead atoms. The second kappa shape index (κ2) is 7.60. The van der Waals surface area contributed by atoms with Crippen LogP contribution in [0.25, 0.3) is 0 Å². The lowest BCUT2D eigenvalue weighted by molar-refractivity contribution is -0.127. The first-order chi connectivity index (χ1) is 7.77. The molecule has 0 atom stereocenters. The van der Waals surface area contributed by atoms with Crippen LogP contribution < -0.4 is 0 Å². The predicted octanol–water partition coefficient (Wildman–Crippen LogP) is -0.450. The van der Waals surface area contributed by atoms with E-state index < -0.39 is 0 Å². The Kier molecular flexibility index (Phi) is 6.37. The lowest BCUT2D eigenvalue weighted by Crippen LogP contribution is -2.38. The Bertz CT molecular complexity index is 211. The number of likely N-dealkylation sites (tertiary alicyclic amines) is 1. The third kappa shape index (κ3) is 4.47. The van der Waals surface area contributed by atoms with E-state index in [1.807, 2.05) is 4.90 Å². The van der Waals surface area contributed by atoms with Crippen LogP contribution in [-0.4, -0.2) is 73.9 Å². The lowest BCUT2D eigenvalue weighted by Gasteiger charge is -2.24. The maximum absolute atomic E-state index is 11.4. The predicted molar refractivity (Wildman–Crippen MR) is 61.2 cm³/mol. The minimum Gasteiger partial charge on any atom is -0.395 e. The summed E-state index contributed by atoms with van der Waals surface area (Å²) in [5.41, 5.74) is 0. The average Bonchev–Trinajstić information content (AvgIpc) is 2.68. The molecule has 0 saturated carbocycles. The molecule has 0 unspecified atom stereocenters. The van der Waals surface area contributed by atoms with Crippen molar-refractivity contribution < 1.29 is 14.6 Å². The molecule has 0 radical (unpaired) electrons. The number of methoxy groups -OCH3 is 1. The Morgan fingerprint density at radius 1 is 1.44 bits per heavy atom. The summed E-state index contributed by atoms with van der Waals surface area (Å²) >= 11 is 0. The highest BCUT2D eigenvalue weighted by Crippen LogP contribution is 2.08. The maximum atomic E-state index is 11.4. The Labute approximate surface area is 97.0 Å². The van der Waals surface area contributed by atoms with Gasteiger partial charge in [0.1, 0.15) is 0 Å². The molecule has 1 heterocycles. The molecular weight excluding hydrogens is 208 g/mol. The molecule has 5 heteroatoms. The fourth-order valence-electron chi connectivity index (χ4n) is 1.90. The van der Waals surface area contributed by atoms with Gasteiger partial charge in [0.05, 0.1) is 13.2 Å². The molecule has 1 N–H and O–H groups in total. The van der Waals surface area contributed by atoms with Gasteiger partial charge < -0.3 is 14.7 Å². The highest BCUT2D eigenvalue weighted by atomic mass is 16.5. The molecule has 1 fully saturated rings. The number of amides is 1. The van der Waals surface area contributed by atoms with E-state index in [9.17, 15) is 4.79 Å². The van der Waals surface area contributed by atoms with Crippen molar-refractivity contribution >= 4 is 5.91 Å². The lowest BCUT2D eigenvalue weighted by atomic mass is 10.4. The van der Waals surface area contributed by atoms with Gasteiger partial charge in [-0.25, -0.2) is 0 Å². The van der Waals surface area contributed by atoms with Crippen molar-refractivity contribution in [1.29, 1.82) is 0 Å². The molecular formula is C11H22N2O3. The van der Waals surface area contributed by atoms with Crippen LogP contribution in [0, 0.1) is 0 Å². The van der Waals surface area contributed by atoms with Gasteiger partial charge in [-0.2, -0.15) is 0 Å². The number of carbonyl (C=O) groups is 1. The normalized spacial score (nSPS) is 16.4. The minimum absolute atomic E-state index is 0.150. The molecule has 0 aromatic heterocycles. The van der Waals surface area contributed by atoms with E-state index in [-0.39, 0.29) is 12.5 Å². The first-order valence-corrected chi connectivity index (χ1v) is 5.88. The van der Waals surface area contributed by atoms with Crippen molar-refractivity contribution in [2.75, 3.05) is 53.0 Å². The zero-order valence-corrected chi connectivity index (χ0v) is 10.0. The van der Waals surface area contributed by atoms with Gasteiger partial charge in [0, 0.05) is 46.3 Å². The van der Waals surface area contributed by atoms with Crippen molar-refractivity contribution in [3.63, 3.8) is 0 Å². The number of hydrogen-bond donors (Lipinski definition) is 1. The van der Waals surface area contributed by atoms with Crippen LogP contribution in [0.15, 0.2) is 0 Å². The summed E-state index contributed by atoms with van der Waals surface area (Å²) in [6.07, 6.45) is 1.68. The van der Waals surface area contributed by atoms with Crippen molar-refractivity contribution in [2.24, 2.45) is 0 Å². The molecule has 16 heavy (non-hydrogen) atoms. The fourth-order valence-corrected chi connectivity index (χ4v) is 1.90. The van der Waals surface area contributed by atoms with Gasteiger partial charge >= 0.3 is 0 Å². The fraction of sp³-hybridized carbons (Fsp3) is 0.909. The summed E-state index contributed by atoms with van der Waals surface area (Å²) in [6, 6.07) is 0. The van der Waals surface area contributed by atoms with Gasteiger partial charge in [-0.05, 0) is 6.42 Å². The maximum Gasteiger partial charge on any atom is 0.222 e. The topological polar surface area (TPSA) is 53.0 Å². The third-order valence-corrected chi connectivity index (χ3v) is 2.89. The number of hydrogen-bond acceptors (Lipinski definition) is 4. The molecule has 0 aromatic carbocycles. The molecule has 0 aliphatic carbocycles. The van der Waals surface area contributed by atoms with Gasteiger partial charge in [-0.1, -0.05) is 0 Å². The first kappa shape index (κ1) is 13.4. The summed E-state index contributed by atoms with van der Waals surface area (Å²) in [5.74, 6) is 0.260. The highest BCUT2D eigenvalue weighted by Gasteiger charge is 2.20. The van der Waals surface area contributed by atoms with Crippen LogP contribution in [0.3, 0.4) is 0 Å². The van der Waals surface area contributed by atoms with E-state index in [1.165, 1.54) is 0 Å². The molecule has 0 spiro atoms. The smallest absolute Gasteiger partial charge is 0.222 e. The quantitative estimate of drug-likeness (QED) is 0.613. The number of rotatable bonds is 8. The van der Waals surface area contributed by atoms with E-state index in [0.717, 1.165) is 32.6 Å². The Hall–Kier alpha value is -0.650. The van der Waals surface area contributed by atoms with Crippen LogP contribution in [0.4, 0.5) is 0 Å². The number of carbonyl (C=O) groups excluding carboxylic acids is 1. The zero-order chi connectivity index (χ0) is 11.8. The number of aliphatic hydroxyl groups excluding tert-OH is 1. The van der Waals surface area contributed by atoms with Crippen LogP contribution in [0.1, 0.15) is 12.8 Å². The summed E-state index contributed by atoms with van der Waals surface area (Å²) in [4.78, 5) is 15.4.